The van der Waals surface area contributed by atoms with Gasteiger partial charge in [0.25, 0.3) is 0 Å². The SMILES string of the molecule is CC(C)c1ccc(C(=O)COc2ccc(S(C)(=O)=O)cc2)c(C(C)C)c1. The first-order valence-corrected chi connectivity index (χ1v) is 10.6. The lowest BCUT2D eigenvalue weighted by Gasteiger charge is -2.16. The van der Waals surface area contributed by atoms with E-state index in [0.717, 1.165) is 11.8 Å². The van der Waals surface area contributed by atoms with Crippen molar-refractivity contribution in [3.05, 3.63) is 59.2 Å². The quantitative estimate of drug-likeness (QED) is 0.665. The van der Waals surface area contributed by atoms with Crippen molar-refractivity contribution in [2.75, 3.05) is 12.9 Å². The topological polar surface area (TPSA) is 60.4 Å². The van der Waals surface area contributed by atoms with E-state index in [0.29, 0.717) is 17.2 Å². The molecule has 0 spiro atoms. The Morgan fingerprint density at radius 2 is 1.58 bits per heavy atom. The summed E-state index contributed by atoms with van der Waals surface area (Å²) in [6.45, 7) is 8.31. The monoisotopic (exact) mass is 374 g/mol. The van der Waals surface area contributed by atoms with Gasteiger partial charge in [0.2, 0.25) is 0 Å². The maximum absolute atomic E-state index is 12.6. The third-order valence-corrected chi connectivity index (χ3v) is 5.41. The van der Waals surface area contributed by atoms with Gasteiger partial charge in [-0.25, -0.2) is 8.42 Å². The van der Waals surface area contributed by atoms with Crippen molar-refractivity contribution in [3.8, 4) is 5.75 Å². The molecule has 0 saturated heterocycles. The van der Waals surface area contributed by atoms with Crippen LogP contribution >= 0.6 is 0 Å². The van der Waals surface area contributed by atoms with E-state index in [4.69, 9.17) is 4.74 Å². The highest BCUT2D eigenvalue weighted by Gasteiger charge is 2.16. The van der Waals surface area contributed by atoms with Gasteiger partial charge in [-0.05, 0) is 47.2 Å². The molecule has 26 heavy (non-hydrogen) atoms. The van der Waals surface area contributed by atoms with Crippen molar-refractivity contribution in [1.29, 1.82) is 0 Å². The molecule has 0 saturated carbocycles. The highest BCUT2D eigenvalue weighted by molar-refractivity contribution is 7.90. The van der Waals surface area contributed by atoms with E-state index >= 15 is 0 Å². The molecule has 0 radical (unpaired) electrons. The molecule has 5 heteroatoms. The van der Waals surface area contributed by atoms with Gasteiger partial charge in [-0.15, -0.1) is 0 Å². The maximum Gasteiger partial charge on any atom is 0.200 e. The molecule has 0 aromatic heterocycles. The number of Topliss-reactive ketones (excluding diaryl/α,β-unsaturated/α-hetero) is 1. The Labute approximate surface area is 156 Å². The number of carbonyl (C=O) groups is 1. The van der Waals surface area contributed by atoms with Gasteiger partial charge in [-0.2, -0.15) is 0 Å². The lowest BCUT2D eigenvalue weighted by atomic mass is 9.90. The first kappa shape index (κ1) is 20.2. The van der Waals surface area contributed by atoms with Gasteiger partial charge in [0, 0.05) is 11.8 Å². The van der Waals surface area contributed by atoms with Gasteiger partial charge < -0.3 is 4.74 Å². The summed E-state index contributed by atoms with van der Waals surface area (Å²) in [5, 5.41) is 0. The maximum atomic E-state index is 12.6. The standard InChI is InChI=1S/C21H26O4S/c1-14(2)16-6-11-19(20(12-16)15(3)4)21(22)13-25-17-7-9-18(10-8-17)26(5,23)24/h6-12,14-15H,13H2,1-5H3. The number of ketones is 1. The molecule has 2 aromatic carbocycles. The second kappa shape index (κ2) is 8.04. The Bertz CT molecular complexity index is 879. The fraction of sp³-hybridized carbons (Fsp3) is 0.381. The summed E-state index contributed by atoms with van der Waals surface area (Å²) in [7, 11) is -3.24. The van der Waals surface area contributed by atoms with E-state index in [1.165, 1.54) is 17.7 Å². The van der Waals surface area contributed by atoms with Crippen molar-refractivity contribution in [1.82, 2.24) is 0 Å². The van der Waals surface area contributed by atoms with Gasteiger partial charge in [0.05, 0.1) is 4.90 Å². The zero-order chi connectivity index (χ0) is 19.5. The normalized spacial score (nSPS) is 11.8. The highest BCUT2D eigenvalue weighted by atomic mass is 32.2. The second-order valence-electron chi connectivity index (χ2n) is 7.11. The second-order valence-corrected chi connectivity index (χ2v) is 9.13. The van der Waals surface area contributed by atoms with Crippen LogP contribution in [-0.2, 0) is 9.84 Å². The summed E-state index contributed by atoms with van der Waals surface area (Å²) < 4.78 is 28.5. The molecule has 0 aliphatic carbocycles. The average Bonchev–Trinajstić information content (AvgIpc) is 2.58. The number of sulfone groups is 1. The number of hydrogen-bond acceptors (Lipinski definition) is 4. The minimum Gasteiger partial charge on any atom is -0.485 e. The zero-order valence-electron chi connectivity index (χ0n) is 15.9. The van der Waals surface area contributed by atoms with Gasteiger partial charge in [0.1, 0.15) is 5.75 Å². The Morgan fingerprint density at radius 1 is 0.962 bits per heavy atom. The van der Waals surface area contributed by atoms with Crippen molar-refractivity contribution in [3.63, 3.8) is 0 Å². The minimum atomic E-state index is -3.24. The molecule has 0 unspecified atom stereocenters. The summed E-state index contributed by atoms with van der Waals surface area (Å²) in [6, 6.07) is 12.1. The summed E-state index contributed by atoms with van der Waals surface area (Å²) >= 11 is 0. The van der Waals surface area contributed by atoms with Crippen LogP contribution in [0.1, 0.15) is 61.0 Å². The van der Waals surface area contributed by atoms with Crippen LogP contribution < -0.4 is 4.74 Å². The molecular formula is C21H26O4S. The van der Waals surface area contributed by atoms with Gasteiger partial charge in [-0.3, -0.25) is 4.79 Å². The molecule has 0 atom stereocenters. The lowest BCUT2D eigenvalue weighted by Crippen LogP contribution is -2.15. The van der Waals surface area contributed by atoms with E-state index < -0.39 is 9.84 Å². The summed E-state index contributed by atoms with van der Waals surface area (Å²) in [5.74, 6) is 1.02. The highest BCUT2D eigenvalue weighted by Crippen LogP contribution is 2.25. The number of carbonyl (C=O) groups excluding carboxylic acids is 1. The van der Waals surface area contributed by atoms with Crippen molar-refractivity contribution in [2.24, 2.45) is 0 Å². The molecule has 0 aliphatic heterocycles. The molecular weight excluding hydrogens is 348 g/mol. The van der Waals surface area contributed by atoms with E-state index in [2.05, 4.69) is 33.8 Å². The molecule has 2 rings (SSSR count). The van der Waals surface area contributed by atoms with Crippen molar-refractivity contribution >= 4 is 15.6 Å². The van der Waals surface area contributed by atoms with Crippen LogP contribution in [0.4, 0.5) is 0 Å². The summed E-state index contributed by atoms with van der Waals surface area (Å²) in [5.41, 5.74) is 2.91. The van der Waals surface area contributed by atoms with Crippen LogP contribution in [-0.4, -0.2) is 27.1 Å². The first-order valence-electron chi connectivity index (χ1n) is 8.69. The summed E-state index contributed by atoms with van der Waals surface area (Å²) in [6.07, 6.45) is 1.15. The minimum absolute atomic E-state index is 0.0844. The van der Waals surface area contributed by atoms with Crippen molar-refractivity contribution in [2.45, 2.75) is 44.4 Å². The Balaban J connectivity index is 2.15. The molecule has 0 amide bonds. The van der Waals surface area contributed by atoms with E-state index in [1.807, 2.05) is 12.1 Å². The molecule has 140 valence electrons. The van der Waals surface area contributed by atoms with Crippen LogP contribution in [0.25, 0.3) is 0 Å². The van der Waals surface area contributed by atoms with Crippen LogP contribution in [0.2, 0.25) is 0 Å². The van der Waals surface area contributed by atoms with Gasteiger partial charge in [-0.1, -0.05) is 45.9 Å². The average molecular weight is 375 g/mol. The Hall–Kier alpha value is -2.14. The molecule has 4 nitrogen and oxygen atoms in total. The van der Waals surface area contributed by atoms with Crippen LogP contribution in [0, 0.1) is 0 Å². The fourth-order valence-corrected chi connectivity index (χ4v) is 3.31. The van der Waals surface area contributed by atoms with Gasteiger partial charge >= 0.3 is 0 Å². The number of rotatable bonds is 7. The molecule has 0 aliphatic rings. The van der Waals surface area contributed by atoms with E-state index in [-0.39, 0.29) is 23.2 Å². The number of ether oxygens (including phenoxy) is 1. The summed E-state index contributed by atoms with van der Waals surface area (Å²) in [4.78, 5) is 12.9. The molecule has 0 fully saturated rings. The first-order chi connectivity index (χ1) is 12.1. The van der Waals surface area contributed by atoms with E-state index in [1.54, 1.807) is 12.1 Å². The molecule has 2 aromatic rings. The third kappa shape index (κ3) is 4.94. The Morgan fingerprint density at radius 3 is 2.08 bits per heavy atom. The van der Waals surface area contributed by atoms with Crippen LogP contribution in [0.15, 0.2) is 47.4 Å². The van der Waals surface area contributed by atoms with Crippen LogP contribution in [0.3, 0.4) is 0 Å². The Kier molecular flexibility index (Phi) is 6.24. The van der Waals surface area contributed by atoms with Crippen molar-refractivity contribution < 1.29 is 17.9 Å². The fourth-order valence-electron chi connectivity index (χ4n) is 2.68. The predicted octanol–water partition coefficient (Wildman–Crippen LogP) is 4.60. The zero-order valence-corrected chi connectivity index (χ0v) is 16.8. The van der Waals surface area contributed by atoms with Crippen LogP contribution in [0.5, 0.6) is 5.75 Å². The molecule has 0 N–H and O–H groups in total. The largest absolute Gasteiger partial charge is 0.485 e. The molecule has 0 bridgehead atoms. The predicted molar refractivity (Wildman–Crippen MR) is 104 cm³/mol. The van der Waals surface area contributed by atoms with Gasteiger partial charge in [0.15, 0.2) is 22.2 Å². The third-order valence-electron chi connectivity index (χ3n) is 4.29. The molecule has 0 heterocycles. The smallest absolute Gasteiger partial charge is 0.200 e. The number of hydrogen-bond donors (Lipinski definition) is 0. The lowest BCUT2D eigenvalue weighted by molar-refractivity contribution is 0.0920. The number of benzene rings is 2. The van der Waals surface area contributed by atoms with E-state index in [9.17, 15) is 13.2 Å².